The lowest BCUT2D eigenvalue weighted by Gasteiger charge is -2.14. The van der Waals surface area contributed by atoms with Crippen LogP contribution in [0.15, 0.2) is 30.3 Å². The number of benzene rings is 2. The lowest BCUT2D eigenvalue weighted by atomic mass is 9.99. The molecular formula is C14H6Cl3F5. The van der Waals surface area contributed by atoms with Crippen LogP contribution in [0.4, 0.5) is 22.0 Å². The second kappa shape index (κ2) is 6.22. The van der Waals surface area contributed by atoms with Crippen molar-refractivity contribution in [3.8, 4) is 11.1 Å². The molecule has 0 radical (unpaired) electrons. The Bertz CT molecular complexity index is 710. The van der Waals surface area contributed by atoms with Gasteiger partial charge in [-0.3, -0.25) is 0 Å². The van der Waals surface area contributed by atoms with Gasteiger partial charge in [0.25, 0.3) is 6.43 Å². The van der Waals surface area contributed by atoms with Gasteiger partial charge in [-0.1, -0.05) is 34.8 Å². The van der Waals surface area contributed by atoms with E-state index < -0.39 is 23.7 Å². The molecule has 0 heterocycles. The van der Waals surface area contributed by atoms with Gasteiger partial charge in [0.15, 0.2) is 0 Å². The van der Waals surface area contributed by atoms with Gasteiger partial charge < -0.3 is 0 Å². The Morgan fingerprint density at radius 1 is 0.864 bits per heavy atom. The first kappa shape index (κ1) is 17.3. The highest BCUT2D eigenvalue weighted by Crippen LogP contribution is 2.42. The molecule has 2 aromatic carbocycles. The van der Waals surface area contributed by atoms with Crippen molar-refractivity contribution in [2.24, 2.45) is 0 Å². The highest BCUT2D eigenvalue weighted by Gasteiger charge is 2.32. The summed E-state index contributed by atoms with van der Waals surface area (Å²) in [4.78, 5) is 0. The summed E-state index contributed by atoms with van der Waals surface area (Å²) in [5.41, 5.74) is -2.20. The summed E-state index contributed by atoms with van der Waals surface area (Å²) in [6.45, 7) is 0. The molecule has 22 heavy (non-hydrogen) atoms. The molecule has 0 bridgehead atoms. The number of hydrogen-bond acceptors (Lipinski definition) is 0. The maximum absolute atomic E-state index is 12.9. The fourth-order valence-electron chi connectivity index (χ4n) is 1.88. The minimum Gasteiger partial charge on any atom is -0.205 e. The largest absolute Gasteiger partial charge is 0.416 e. The molecule has 2 aromatic rings. The molecule has 2 rings (SSSR count). The van der Waals surface area contributed by atoms with Gasteiger partial charge in [-0.2, -0.15) is 13.2 Å². The maximum Gasteiger partial charge on any atom is 0.416 e. The summed E-state index contributed by atoms with van der Waals surface area (Å²) in [6, 6.07) is 4.68. The number of halogens is 8. The third kappa shape index (κ3) is 3.47. The standard InChI is InChI=1S/C14H6Cl3F5/c15-9-1-2-10(16)12(17)11(9)6-3-7(13(18)19)5-8(4-6)14(20,21)22/h1-5,13H. The second-order valence-electron chi connectivity index (χ2n) is 4.36. The van der Waals surface area contributed by atoms with E-state index in [1.807, 2.05) is 0 Å². The normalized spacial score (nSPS) is 12.0. The molecule has 0 unspecified atom stereocenters. The van der Waals surface area contributed by atoms with Crippen molar-refractivity contribution in [1.82, 2.24) is 0 Å². The Balaban J connectivity index is 2.76. The Morgan fingerprint density at radius 3 is 2.00 bits per heavy atom. The predicted molar refractivity (Wildman–Crippen MR) is 76.9 cm³/mol. The van der Waals surface area contributed by atoms with Gasteiger partial charge in [0, 0.05) is 16.1 Å². The van der Waals surface area contributed by atoms with Gasteiger partial charge in [0.1, 0.15) is 0 Å². The van der Waals surface area contributed by atoms with Crippen molar-refractivity contribution < 1.29 is 22.0 Å². The topological polar surface area (TPSA) is 0 Å². The number of hydrogen-bond donors (Lipinski definition) is 0. The van der Waals surface area contributed by atoms with Crippen LogP contribution < -0.4 is 0 Å². The molecule has 0 spiro atoms. The average Bonchev–Trinajstić information content (AvgIpc) is 2.42. The molecule has 0 atom stereocenters. The SMILES string of the molecule is FC(F)c1cc(-c2c(Cl)ccc(Cl)c2Cl)cc(C(F)(F)F)c1. The van der Waals surface area contributed by atoms with Crippen molar-refractivity contribution in [1.29, 1.82) is 0 Å². The van der Waals surface area contributed by atoms with E-state index in [1.165, 1.54) is 12.1 Å². The number of rotatable bonds is 2. The van der Waals surface area contributed by atoms with Crippen LogP contribution in [-0.2, 0) is 6.18 Å². The molecule has 0 saturated heterocycles. The minimum absolute atomic E-state index is 0.00828. The smallest absolute Gasteiger partial charge is 0.205 e. The van der Waals surface area contributed by atoms with E-state index in [0.717, 1.165) is 6.07 Å². The summed E-state index contributed by atoms with van der Waals surface area (Å²) in [6.07, 6.45) is -7.85. The van der Waals surface area contributed by atoms with Crippen molar-refractivity contribution in [3.63, 3.8) is 0 Å². The molecule has 118 valence electrons. The molecule has 0 aromatic heterocycles. The van der Waals surface area contributed by atoms with Crippen LogP contribution in [0.25, 0.3) is 11.1 Å². The summed E-state index contributed by atoms with van der Waals surface area (Å²) in [5, 5.41) is -0.0419. The van der Waals surface area contributed by atoms with Crippen LogP contribution in [0.3, 0.4) is 0 Å². The maximum atomic E-state index is 12.9. The molecule has 0 N–H and O–H groups in total. The van der Waals surface area contributed by atoms with Crippen molar-refractivity contribution in [2.45, 2.75) is 12.6 Å². The van der Waals surface area contributed by atoms with Crippen molar-refractivity contribution in [2.75, 3.05) is 0 Å². The fraction of sp³-hybridized carbons (Fsp3) is 0.143. The second-order valence-corrected chi connectivity index (χ2v) is 5.55. The summed E-state index contributed by atoms with van der Waals surface area (Å²) >= 11 is 17.7. The van der Waals surface area contributed by atoms with Crippen LogP contribution in [0.5, 0.6) is 0 Å². The van der Waals surface area contributed by atoms with Crippen molar-refractivity contribution >= 4 is 34.8 Å². The first-order valence-electron chi connectivity index (χ1n) is 5.75. The molecule has 0 fully saturated rings. The van der Waals surface area contributed by atoms with Gasteiger partial charge >= 0.3 is 6.18 Å². The first-order chi connectivity index (χ1) is 10.1. The van der Waals surface area contributed by atoms with E-state index >= 15 is 0 Å². The van der Waals surface area contributed by atoms with Gasteiger partial charge in [-0.25, -0.2) is 8.78 Å². The zero-order valence-corrected chi connectivity index (χ0v) is 12.8. The fourth-order valence-corrected chi connectivity index (χ4v) is 2.62. The minimum atomic E-state index is -4.78. The summed E-state index contributed by atoms with van der Waals surface area (Å²) in [5.74, 6) is 0. The van der Waals surface area contributed by atoms with Crippen LogP contribution in [0.1, 0.15) is 17.6 Å². The van der Waals surface area contributed by atoms with Gasteiger partial charge in [0.2, 0.25) is 0 Å². The molecule has 0 aliphatic carbocycles. The van der Waals surface area contributed by atoms with E-state index in [1.54, 1.807) is 0 Å². The first-order valence-corrected chi connectivity index (χ1v) is 6.89. The Labute approximate surface area is 137 Å². The van der Waals surface area contributed by atoms with E-state index in [2.05, 4.69) is 0 Å². The molecule has 0 nitrogen and oxygen atoms in total. The Morgan fingerprint density at radius 2 is 1.45 bits per heavy atom. The molecule has 8 heteroatoms. The molecular weight excluding hydrogens is 370 g/mol. The zero-order valence-electron chi connectivity index (χ0n) is 10.5. The lowest BCUT2D eigenvalue weighted by Crippen LogP contribution is -2.06. The zero-order chi connectivity index (χ0) is 16.7. The Kier molecular flexibility index (Phi) is 4.90. The number of alkyl halides is 5. The van der Waals surface area contributed by atoms with E-state index in [-0.39, 0.29) is 26.2 Å². The highest BCUT2D eigenvalue weighted by atomic mass is 35.5. The van der Waals surface area contributed by atoms with Gasteiger partial charge in [-0.15, -0.1) is 0 Å². The molecule has 0 aliphatic heterocycles. The van der Waals surface area contributed by atoms with E-state index in [4.69, 9.17) is 34.8 Å². The Hall–Kier alpha value is -1.04. The molecule has 0 aliphatic rings. The predicted octanol–water partition coefficient (Wildman–Crippen LogP) is 7.27. The monoisotopic (exact) mass is 374 g/mol. The molecule has 0 amide bonds. The van der Waals surface area contributed by atoms with Gasteiger partial charge in [-0.05, 0) is 35.9 Å². The van der Waals surface area contributed by atoms with E-state index in [0.29, 0.717) is 12.1 Å². The highest BCUT2D eigenvalue weighted by molar-refractivity contribution is 6.46. The van der Waals surface area contributed by atoms with Crippen LogP contribution in [0.2, 0.25) is 15.1 Å². The summed E-state index contributed by atoms with van der Waals surface area (Å²) in [7, 11) is 0. The molecule has 0 saturated carbocycles. The van der Waals surface area contributed by atoms with Crippen LogP contribution in [0, 0.1) is 0 Å². The third-order valence-corrected chi connectivity index (χ3v) is 3.99. The summed E-state index contributed by atoms with van der Waals surface area (Å²) < 4.78 is 64.3. The van der Waals surface area contributed by atoms with Gasteiger partial charge in [0.05, 0.1) is 15.6 Å². The quantitative estimate of drug-likeness (QED) is 0.382. The van der Waals surface area contributed by atoms with Crippen LogP contribution in [-0.4, -0.2) is 0 Å². The van der Waals surface area contributed by atoms with E-state index in [9.17, 15) is 22.0 Å². The third-order valence-electron chi connectivity index (χ3n) is 2.87. The average molecular weight is 376 g/mol. The lowest BCUT2D eigenvalue weighted by molar-refractivity contribution is -0.137. The van der Waals surface area contributed by atoms with Crippen molar-refractivity contribution in [3.05, 3.63) is 56.5 Å². The van der Waals surface area contributed by atoms with Crippen LogP contribution >= 0.6 is 34.8 Å².